The molecule has 2 aliphatic rings. The molecule has 4 heteroatoms. The van der Waals surface area contributed by atoms with Crippen molar-refractivity contribution in [1.29, 1.82) is 0 Å². The van der Waals surface area contributed by atoms with Gasteiger partial charge in [-0.1, -0.05) is 12.8 Å². The minimum absolute atomic E-state index is 0. The van der Waals surface area contributed by atoms with Crippen LogP contribution >= 0.6 is 12.4 Å². The van der Waals surface area contributed by atoms with Gasteiger partial charge in [0.1, 0.15) is 0 Å². The van der Waals surface area contributed by atoms with E-state index in [0.29, 0.717) is 0 Å². The van der Waals surface area contributed by atoms with Gasteiger partial charge in [0.05, 0.1) is 5.92 Å². The van der Waals surface area contributed by atoms with E-state index < -0.39 is 0 Å². The molecule has 2 fully saturated rings. The van der Waals surface area contributed by atoms with E-state index in [2.05, 4.69) is 17.6 Å². The zero-order valence-electron chi connectivity index (χ0n) is 9.34. The third-order valence-electron chi connectivity index (χ3n) is 3.56. The second kappa shape index (κ2) is 5.17. The summed E-state index contributed by atoms with van der Waals surface area (Å²) in [7, 11) is 0. The second-order valence-electron chi connectivity index (χ2n) is 4.95. The molecule has 1 atom stereocenters. The summed E-state index contributed by atoms with van der Waals surface area (Å²) >= 11 is 0. The molecule has 2 N–H and O–H groups in total. The van der Waals surface area contributed by atoms with Gasteiger partial charge in [-0.15, -0.1) is 12.4 Å². The summed E-state index contributed by atoms with van der Waals surface area (Å²) in [6, 6.07) is 0. The molecule has 88 valence electrons. The number of carbonyl (C=O) groups excluding carboxylic acids is 1. The van der Waals surface area contributed by atoms with Crippen molar-refractivity contribution in [2.24, 2.45) is 5.92 Å². The highest BCUT2D eigenvalue weighted by atomic mass is 35.5. The van der Waals surface area contributed by atoms with Gasteiger partial charge in [-0.3, -0.25) is 4.79 Å². The Labute approximate surface area is 97.8 Å². The predicted octanol–water partition coefficient (Wildman–Crippen LogP) is 1.47. The van der Waals surface area contributed by atoms with Gasteiger partial charge in [0.25, 0.3) is 0 Å². The Morgan fingerprint density at radius 1 is 1.40 bits per heavy atom. The second-order valence-corrected chi connectivity index (χ2v) is 4.95. The first-order valence-corrected chi connectivity index (χ1v) is 5.72. The number of halogens is 1. The molecule has 0 aromatic rings. The van der Waals surface area contributed by atoms with Crippen LogP contribution in [-0.4, -0.2) is 24.5 Å². The first kappa shape index (κ1) is 12.8. The summed E-state index contributed by atoms with van der Waals surface area (Å²) < 4.78 is 0. The molecule has 1 amide bonds. The zero-order valence-corrected chi connectivity index (χ0v) is 10.2. The van der Waals surface area contributed by atoms with Crippen LogP contribution in [0.25, 0.3) is 0 Å². The predicted molar refractivity (Wildman–Crippen MR) is 63.2 cm³/mol. The Morgan fingerprint density at radius 3 is 2.60 bits per heavy atom. The third-order valence-corrected chi connectivity index (χ3v) is 3.56. The number of amides is 1. The maximum Gasteiger partial charge on any atom is 0.224 e. The summed E-state index contributed by atoms with van der Waals surface area (Å²) in [5.41, 5.74) is 0.0969. The molecule has 0 bridgehead atoms. The summed E-state index contributed by atoms with van der Waals surface area (Å²) in [4.78, 5) is 11.9. The van der Waals surface area contributed by atoms with Gasteiger partial charge in [0, 0.05) is 12.1 Å². The number of hydrogen-bond acceptors (Lipinski definition) is 2. The van der Waals surface area contributed by atoms with Crippen LogP contribution in [0.2, 0.25) is 0 Å². The van der Waals surface area contributed by atoms with Gasteiger partial charge in [-0.25, -0.2) is 0 Å². The van der Waals surface area contributed by atoms with Crippen molar-refractivity contribution >= 4 is 18.3 Å². The van der Waals surface area contributed by atoms with Crippen LogP contribution in [0.1, 0.15) is 39.0 Å². The van der Waals surface area contributed by atoms with Crippen LogP contribution < -0.4 is 10.6 Å². The Hall–Kier alpha value is -0.280. The number of hydrogen-bond donors (Lipinski definition) is 2. The molecular weight excluding hydrogens is 212 g/mol. The smallest absolute Gasteiger partial charge is 0.224 e. The van der Waals surface area contributed by atoms with Gasteiger partial charge >= 0.3 is 0 Å². The van der Waals surface area contributed by atoms with Crippen LogP contribution in [-0.2, 0) is 4.79 Å². The van der Waals surface area contributed by atoms with Crippen LogP contribution in [0, 0.1) is 5.92 Å². The van der Waals surface area contributed by atoms with Crippen molar-refractivity contribution in [3.63, 3.8) is 0 Å². The fraction of sp³-hybridized carbons (Fsp3) is 0.909. The molecule has 1 aliphatic heterocycles. The first-order chi connectivity index (χ1) is 6.70. The van der Waals surface area contributed by atoms with E-state index in [0.717, 1.165) is 32.4 Å². The van der Waals surface area contributed by atoms with Gasteiger partial charge in [-0.05, 0) is 32.7 Å². The highest BCUT2D eigenvalue weighted by molar-refractivity contribution is 5.85. The van der Waals surface area contributed by atoms with E-state index in [1.54, 1.807) is 0 Å². The lowest BCUT2D eigenvalue weighted by atomic mass is 9.98. The molecule has 3 nitrogen and oxygen atoms in total. The summed E-state index contributed by atoms with van der Waals surface area (Å²) in [6.07, 6.45) is 5.83. The number of rotatable bonds is 2. The molecule has 0 aromatic carbocycles. The molecule has 0 aromatic heterocycles. The van der Waals surface area contributed by atoms with Crippen LogP contribution in [0.15, 0.2) is 0 Å². The van der Waals surface area contributed by atoms with Crippen molar-refractivity contribution in [3.05, 3.63) is 0 Å². The van der Waals surface area contributed by atoms with Crippen molar-refractivity contribution in [3.8, 4) is 0 Å². The maximum atomic E-state index is 11.9. The van der Waals surface area contributed by atoms with E-state index in [-0.39, 0.29) is 29.8 Å². The molecule has 0 spiro atoms. The van der Waals surface area contributed by atoms with Gasteiger partial charge in [0.15, 0.2) is 0 Å². The first-order valence-electron chi connectivity index (χ1n) is 5.72. The standard InChI is InChI=1S/C11H20N2O.ClH/c1-11(5-2-3-6-11)13-10(14)9-4-7-12-8-9;/h9,12H,2-8H2,1H3,(H,13,14);1H/t9-;/m1./s1. The highest BCUT2D eigenvalue weighted by Gasteiger charge is 2.33. The monoisotopic (exact) mass is 232 g/mol. The maximum absolute atomic E-state index is 11.9. The van der Waals surface area contributed by atoms with E-state index in [1.165, 1.54) is 12.8 Å². The van der Waals surface area contributed by atoms with Crippen LogP contribution in [0.3, 0.4) is 0 Å². The lowest BCUT2D eigenvalue weighted by Gasteiger charge is -2.26. The Bertz CT molecular complexity index is 221. The minimum atomic E-state index is 0. The van der Waals surface area contributed by atoms with Crippen molar-refractivity contribution in [2.45, 2.75) is 44.6 Å². The molecule has 1 heterocycles. The molecule has 15 heavy (non-hydrogen) atoms. The largest absolute Gasteiger partial charge is 0.351 e. The van der Waals surface area contributed by atoms with Crippen LogP contribution in [0.4, 0.5) is 0 Å². The molecule has 1 saturated carbocycles. The lowest BCUT2D eigenvalue weighted by Crippen LogP contribution is -2.46. The topological polar surface area (TPSA) is 41.1 Å². The molecule has 2 rings (SSSR count). The fourth-order valence-corrected chi connectivity index (χ4v) is 2.56. The summed E-state index contributed by atoms with van der Waals surface area (Å²) in [5, 5.41) is 6.45. The summed E-state index contributed by atoms with van der Waals surface area (Å²) in [5.74, 6) is 0.479. The van der Waals surface area contributed by atoms with Crippen molar-refractivity contribution < 1.29 is 4.79 Å². The SMILES string of the molecule is CC1(NC(=O)[C@@H]2CCNC2)CCCC1.Cl. The summed E-state index contributed by atoms with van der Waals surface area (Å²) in [6.45, 7) is 4.04. The fourth-order valence-electron chi connectivity index (χ4n) is 2.56. The van der Waals surface area contributed by atoms with Crippen LogP contribution in [0.5, 0.6) is 0 Å². The average molecular weight is 233 g/mol. The normalized spacial score (nSPS) is 28.5. The highest BCUT2D eigenvalue weighted by Crippen LogP contribution is 2.29. The Balaban J connectivity index is 0.00000112. The van der Waals surface area contributed by atoms with Crippen molar-refractivity contribution in [1.82, 2.24) is 10.6 Å². The van der Waals surface area contributed by atoms with Gasteiger partial charge < -0.3 is 10.6 Å². The molecule has 1 saturated heterocycles. The molecule has 0 radical (unpaired) electrons. The minimum Gasteiger partial charge on any atom is -0.351 e. The number of carbonyl (C=O) groups is 1. The van der Waals surface area contributed by atoms with E-state index in [9.17, 15) is 4.79 Å². The van der Waals surface area contributed by atoms with Crippen molar-refractivity contribution in [2.75, 3.05) is 13.1 Å². The molecular formula is C11H21ClN2O. The Morgan fingerprint density at radius 2 is 2.07 bits per heavy atom. The Kier molecular flexibility index (Phi) is 4.41. The van der Waals surface area contributed by atoms with Gasteiger partial charge in [0.2, 0.25) is 5.91 Å². The van der Waals surface area contributed by atoms with E-state index >= 15 is 0 Å². The van der Waals surface area contributed by atoms with E-state index in [1.807, 2.05) is 0 Å². The number of nitrogens with one attached hydrogen (secondary N) is 2. The molecule has 0 unspecified atom stereocenters. The zero-order chi connectivity index (χ0) is 10.0. The van der Waals surface area contributed by atoms with Gasteiger partial charge in [-0.2, -0.15) is 0 Å². The molecule has 1 aliphatic carbocycles. The average Bonchev–Trinajstić information content (AvgIpc) is 2.74. The lowest BCUT2D eigenvalue weighted by molar-refractivity contribution is -0.126. The third kappa shape index (κ3) is 3.08. The van der Waals surface area contributed by atoms with E-state index in [4.69, 9.17) is 0 Å². The quantitative estimate of drug-likeness (QED) is 0.757.